The molecule has 1 fully saturated rings. The third-order valence-corrected chi connectivity index (χ3v) is 6.43. The van der Waals surface area contributed by atoms with Crippen LogP contribution in [0.15, 0.2) is 53.6 Å². The van der Waals surface area contributed by atoms with Crippen molar-refractivity contribution >= 4 is 10.0 Å². The van der Waals surface area contributed by atoms with Crippen LogP contribution in [0.5, 0.6) is 0 Å². The van der Waals surface area contributed by atoms with E-state index in [4.69, 9.17) is 0 Å². The zero-order valence-electron chi connectivity index (χ0n) is 14.3. The molecule has 0 aliphatic carbocycles. The van der Waals surface area contributed by atoms with Crippen LogP contribution in [-0.4, -0.2) is 50.5 Å². The number of sulfonamides is 1. The standard InChI is InChI=1S/C17H17FN6O2S/c18-13-6-8-15(9-7-13)27(25,26)23-11-3-4-14(23)12-24-21-17(20-22-24)16-5-1-2-10-19-16/h1-2,5-10,14H,3-4,11-12H2/t14-/m1/s1. The highest BCUT2D eigenvalue weighted by molar-refractivity contribution is 7.89. The molecule has 0 unspecified atom stereocenters. The number of rotatable bonds is 5. The fourth-order valence-corrected chi connectivity index (χ4v) is 4.84. The molecule has 1 atom stereocenters. The molecule has 1 aliphatic heterocycles. The normalized spacial score (nSPS) is 18.0. The third kappa shape index (κ3) is 3.58. The predicted octanol–water partition coefficient (Wildman–Crippen LogP) is 1.73. The lowest BCUT2D eigenvalue weighted by Gasteiger charge is -2.23. The van der Waals surface area contributed by atoms with E-state index in [2.05, 4.69) is 20.4 Å². The Morgan fingerprint density at radius 3 is 2.70 bits per heavy atom. The van der Waals surface area contributed by atoms with Gasteiger partial charge in [0.05, 0.1) is 11.4 Å². The molecule has 140 valence electrons. The first-order valence-electron chi connectivity index (χ1n) is 8.51. The average molecular weight is 388 g/mol. The van der Waals surface area contributed by atoms with Gasteiger partial charge in [-0.1, -0.05) is 6.07 Å². The summed E-state index contributed by atoms with van der Waals surface area (Å²) in [7, 11) is -3.71. The molecule has 0 bridgehead atoms. The largest absolute Gasteiger partial charge is 0.253 e. The molecule has 1 aliphatic rings. The number of tetrazole rings is 1. The van der Waals surface area contributed by atoms with Crippen LogP contribution in [0.3, 0.4) is 0 Å². The molecule has 0 N–H and O–H groups in total. The zero-order chi connectivity index (χ0) is 18.9. The summed E-state index contributed by atoms with van der Waals surface area (Å²) in [6.45, 7) is 0.701. The second-order valence-corrected chi connectivity index (χ2v) is 8.14. The summed E-state index contributed by atoms with van der Waals surface area (Å²) in [5.74, 6) is -0.0812. The van der Waals surface area contributed by atoms with Gasteiger partial charge in [-0.25, -0.2) is 12.8 Å². The fourth-order valence-electron chi connectivity index (χ4n) is 3.16. The van der Waals surface area contributed by atoms with Gasteiger partial charge in [-0.2, -0.15) is 9.10 Å². The van der Waals surface area contributed by atoms with Crippen molar-refractivity contribution in [3.8, 4) is 11.5 Å². The van der Waals surface area contributed by atoms with E-state index in [1.165, 1.54) is 21.2 Å². The van der Waals surface area contributed by atoms with Gasteiger partial charge in [0.1, 0.15) is 11.5 Å². The Labute approximate surface area is 155 Å². The van der Waals surface area contributed by atoms with Crippen molar-refractivity contribution in [3.63, 3.8) is 0 Å². The summed E-state index contributed by atoms with van der Waals surface area (Å²) in [5.41, 5.74) is 0.603. The molecule has 4 rings (SSSR count). The summed E-state index contributed by atoms with van der Waals surface area (Å²) in [6.07, 6.45) is 3.08. The van der Waals surface area contributed by atoms with Gasteiger partial charge < -0.3 is 0 Å². The molecule has 10 heteroatoms. The van der Waals surface area contributed by atoms with Crippen molar-refractivity contribution < 1.29 is 12.8 Å². The first-order valence-corrected chi connectivity index (χ1v) is 9.95. The zero-order valence-corrected chi connectivity index (χ0v) is 15.1. The number of pyridine rings is 1. The average Bonchev–Trinajstić information content (AvgIpc) is 3.33. The number of halogens is 1. The first-order chi connectivity index (χ1) is 13.0. The molecule has 8 nitrogen and oxygen atoms in total. The Hall–Kier alpha value is -2.72. The summed E-state index contributed by atoms with van der Waals surface area (Å²) in [4.78, 5) is 5.66. The van der Waals surface area contributed by atoms with Gasteiger partial charge in [0, 0.05) is 18.8 Å². The van der Waals surface area contributed by atoms with Gasteiger partial charge in [0.15, 0.2) is 0 Å². The van der Waals surface area contributed by atoms with Crippen molar-refractivity contribution in [1.29, 1.82) is 0 Å². The molecule has 3 aromatic rings. The topological polar surface area (TPSA) is 93.9 Å². The molecular weight excluding hydrogens is 371 g/mol. The summed E-state index contributed by atoms with van der Waals surface area (Å²) in [5, 5.41) is 12.3. The number of aromatic nitrogens is 5. The van der Waals surface area contributed by atoms with Crippen LogP contribution in [0.25, 0.3) is 11.5 Å². The van der Waals surface area contributed by atoms with Crippen molar-refractivity contribution in [2.24, 2.45) is 0 Å². The molecule has 0 radical (unpaired) electrons. The van der Waals surface area contributed by atoms with Crippen LogP contribution in [-0.2, 0) is 16.6 Å². The Morgan fingerprint density at radius 2 is 1.96 bits per heavy atom. The minimum atomic E-state index is -3.71. The SMILES string of the molecule is O=S(=O)(c1ccc(F)cc1)N1CCC[C@@H]1Cn1nnc(-c2ccccn2)n1. The van der Waals surface area contributed by atoms with E-state index < -0.39 is 15.8 Å². The van der Waals surface area contributed by atoms with Crippen molar-refractivity contribution in [3.05, 3.63) is 54.5 Å². The molecule has 27 heavy (non-hydrogen) atoms. The number of hydrogen-bond donors (Lipinski definition) is 0. The highest BCUT2D eigenvalue weighted by atomic mass is 32.2. The van der Waals surface area contributed by atoms with E-state index in [0.717, 1.165) is 18.6 Å². The van der Waals surface area contributed by atoms with E-state index in [0.29, 0.717) is 31.0 Å². The Balaban J connectivity index is 1.54. The first kappa shape index (κ1) is 17.7. The molecule has 0 spiro atoms. The maximum atomic E-state index is 13.1. The van der Waals surface area contributed by atoms with Gasteiger partial charge in [-0.15, -0.1) is 10.2 Å². The molecule has 3 heterocycles. The van der Waals surface area contributed by atoms with Crippen molar-refractivity contribution in [2.75, 3.05) is 6.54 Å². The van der Waals surface area contributed by atoms with Crippen LogP contribution in [0.2, 0.25) is 0 Å². The van der Waals surface area contributed by atoms with E-state index >= 15 is 0 Å². The molecule has 1 saturated heterocycles. The molecular formula is C17H17FN6O2S. The second-order valence-electron chi connectivity index (χ2n) is 6.25. The Morgan fingerprint density at radius 1 is 1.15 bits per heavy atom. The van der Waals surface area contributed by atoms with E-state index in [-0.39, 0.29) is 10.9 Å². The second kappa shape index (κ2) is 7.12. The summed E-state index contributed by atoms with van der Waals surface area (Å²) >= 11 is 0. The lowest BCUT2D eigenvalue weighted by atomic mass is 10.2. The van der Waals surface area contributed by atoms with Crippen LogP contribution >= 0.6 is 0 Å². The lowest BCUT2D eigenvalue weighted by molar-refractivity contribution is 0.323. The van der Waals surface area contributed by atoms with E-state index in [9.17, 15) is 12.8 Å². The van der Waals surface area contributed by atoms with Crippen LogP contribution in [0.1, 0.15) is 12.8 Å². The van der Waals surface area contributed by atoms with Gasteiger partial charge in [-0.3, -0.25) is 4.98 Å². The number of nitrogens with zero attached hydrogens (tertiary/aromatic N) is 6. The molecule has 2 aromatic heterocycles. The number of benzene rings is 1. The predicted molar refractivity (Wildman–Crippen MR) is 94.4 cm³/mol. The molecule has 0 saturated carbocycles. The van der Waals surface area contributed by atoms with Crippen LogP contribution in [0.4, 0.5) is 4.39 Å². The lowest BCUT2D eigenvalue weighted by Crippen LogP contribution is -2.38. The minimum absolute atomic E-state index is 0.0801. The number of hydrogen-bond acceptors (Lipinski definition) is 6. The Bertz CT molecular complexity index is 1020. The van der Waals surface area contributed by atoms with Gasteiger partial charge in [0.2, 0.25) is 15.8 Å². The minimum Gasteiger partial charge on any atom is -0.253 e. The highest BCUT2D eigenvalue weighted by Crippen LogP contribution is 2.27. The quantitative estimate of drug-likeness (QED) is 0.661. The van der Waals surface area contributed by atoms with E-state index in [1.54, 1.807) is 18.3 Å². The van der Waals surface area contributed by atoms with Gasteiger partial charge in [-0.05, 0) is 54.5 Å². The third-order valence-electron chi connectivity index (χ3n) is 4.46. The highest BCUT2D eigenvalue weighted by Gasteiger charge is 2.36. The van der Waals surface area contributed by atoms with Gasteiger partial charge >= 0.3 is 0 Å². The maximum absolute atomic E-state index is 13.1. The molecule has 1 aromatic carbocycles. The van der Waals surface area contributed by atoms with E-state index in [1.807, 2.05) is 6.07 Å². The summed E-state index contributed by atoms with van der Waals surface area (Å²) < 4.78 is 40.4. The summed E-state index contributed by atoms with van der Waals surface area (Å²) in [6, 6.07) is 9.99. The smallest absolute Gasteiger partial charge is 0.243 e. The van der Waals surface area contributed by atoms with Gasteiger partial charge in [0.25, 0.3) is 0 Å². The van der Waals surface area contributed by atoms with Crippen molar-refractivity contribution in [1.82, 2.24) is 29.5 Å². The van der Waals surface area contributed by atoms with Crippen LogP contribution < -0.4 is 0 Å². The van der Waals surface area contributed by atoms with Crippen molar-refractivity contribution in [2.45, 2.75) is 30.3 Å². The monoisotopic (exact) mass is 388 g/mol. The van der Waals surface area contributed by atoms with Crippen LogP contribution in [0, 0.1) is 5.82 Å². The molecule has 0 amide bonds. The fraction of sp³-hybridized carbons (Fsp3) is 0.294. The Kier molecular flexibility index (Phi) is 4.66. The maximum Gasteiger partial charge on any atom is 0.243 e.